The maximum Gasteiger partial charge on any atom is 0.176 e. The summed E-state index contributed by atoms with van der Waals surface area (Å²) in [6.07, 6.45) is 0. The van der Waals surface area contributed by atoms with Crippen LogP contribution in [-0.4, -0.2) is 20.6 Å². The first kappa shape index (κ1) is 14.8. The Hall–Kier alpha value is -2.16. The van der Waals surface area contributed by atoms with Crippen LogP contribution in [0.3, 0.4) is 0 Å². The summed E-state index contributed by atoms with van der Waals surface area (Å²) in [5.41, 5.74) is 1.37. The van der Waals surface area contributed by atoms with Crippen molar-refractivity contribution >= 4 is 19.3 Å². The Morgan fingerprint density at radius 2 is 1.05 bits per heavy atom. The van der Waals surface area contributed by atoms with Gasteiger partial charge >= 0.3 is 0 Å². The van der Waals surface area contributed by atoms with E-state index in [1.54, 1.807) is 0 Å². The standard InChI is InChI=1S/C20H21NSi/c1-21(17-18-11-5-2-6-12-18)22(19-13-7-3-8-14-19)20-15-9-4-10-16-20/h2-16,22H,17H2,1H3. The molecule has 0 unspecified atom stereocenters. The predicted molar refractivity (Wildman–Crippen MR) is 97.2 cm³/mol. The normalized spacial score (nSPS) is 11.0. The molecule has 1 nitrogen and oxygen atoms in total. The maximum atomic E-state index is 2.54. The molecular formula is C20H21NSi. The molecule has 22 heavy (non-hydrogen) atoms. The number of hydrogen-bond donors (Lipinski definition) is 0. The van der Waals surface area contributed by atoms with Crippen LogP contribution in [0.25, 0.3) is 0 Å². The van der Waals surface area contributed by atoms with Gasteiger partial charge in [-0.1, -0.05) is 91.0 Å². The van der Waals surface area contributed by atoms with E-state index in [4.69, 9.17) is 0 Å². The molecule has 0 atom stereocenters. The zero-order chi connectivity index (χ0) is 15.2. The molecule has 3 aromatic rings. The molecule has 0 amide bonds. The van der Waals surface area contributed by atoms with Crippen molar-refractivity contribution in [2.75, 3.05) is 7.05 Å². The van der Waals surface area contributed by atoms with Crippen molar-refractivity contribution in [2.45, 2.75) is 6.54 Å². The fourth-order valence-electron chi connectivity index (χ4n) is 2.93. The quantitative estimate of drug-likeness (QED) is 0.655. The van der Waals surface area contributed by atoms with E-state index in [0.29, 0.717) is 0 Å². The first-order valence-corrected chi connectivity index (χ1v) is 9.36. The molecule has 0 fully saturated rings. The number of benzene rings is 3. The van der Waals surface area contributed by atoms with E-state index >= 15 is 0 Å². The summed E-state index contributed by atoms with van der Waals surface area (Å²) >= 11 is 0. The van der Waals surface area contributed by atoms with Gasteiger partial charge in [-0.3, -0.25) is 0 Å². The van der Waals surface area contributed by atoms with Gasteiger partial charge in [-0.25, -0.2) is 0 Å². The molecule has 3 aromatic carbocycles. The molecule has 0 saturated carbocycles. The van der Waals surface area contributed by atoms with Gasteiger partial charge in [0.2, 0.25) is 0 Å². The van der Waals surface area contributed by atoms with Gasteiger partial charge in [0.05, 0.1) is 0 Å². The Balaban J connectivity index is 1.92. The first-order chi connectivity index (χ1) is 10.8. The monoisotopic (exact) mass is 303 g/mol. The number of nitrogens with zero attached hydrogens (tertiary/aromatic N) is 1. The van der Waals surface area contributed by atoms with Crippen LogP contribution in [0.2, 0.25) is 0 Å². The average molecular weight is 303 g/mol. The lowest BCUT2D eigenvalue weighted by Gasteiger charge is -2.27. The van der Waals surface area contributed by atoms with Crippen LogP contribution in [0, 0.1) is 0 Å². The SMILES string of the molecule is CN(Cc1ccccc1)[SiH](c1ccccc1)c1ccccc1. The lowest BCUT2D eigenvalue weighted by Crippen LogP contribution is -2.54. The fourth-order valence-corrected chi connectivity index (χ4v) is 5.90. The van der Waals surface area contributed by atoms with Crippen LogP contribution < -0.4 is 10.4 Å². The maximum absolute atomic E-state index is 2.54. The van der Waals surface area contributed by atoms with Crippen LogP contribution in [0.15, 0.2) is 91.0 Å². The Kier molecular flexibility index (Phi) is 4.84. The van der Waals surface area contributed by atoms with E-state index in [0.717, 1.165) is 6.54 Å². The third-order valence-corrected chi connectivity index (χ3v) is 7.04. The second-order valence-corrected chi connectivity index (χ2v) is 8.64. The summed E-state index contributed by atoms with van der Waals surface area (Å²) in [4.78, 5) is 0. The van der Waals surface area contributed by atoms with Crippen molar-refractivity contribution in [3.8, 4) is 0 Å². The summed E-state index contributed by atoms with van der Waals surface area (Å²) in [6, 6.07) is 32.6. The molecule has 110 valence electrons. The lowest BCUT2D eigenvalue weighted by atomic mass is 10.2. The third kappa shape index (κ3) is 3.53. The van der Waals surface area contributed by atoms with Gasteiger partial charge in [0.1, 0.15) is 0 Å². The zero-order valence-electron chi connectivity index (χ0n) is 12.9. The van der Waals surface area contributed by atoms with Crippen LogP contribution in [0.4, 0.5) is 0 Å². The smallest absolute Gasteiger partial charge is 0.176 e. The minimum atomic E-state index is -1.38. The van der Waals surface area contributed by atoms with E-state index in [1.807, 2.05) is 0 Å². The topological polar surface area (TPSA) is 3.24 Å². The van der Waals surface area contributed by atoms with E-state index in [2.05, 4.69) is 103 Å². The molecular weight excluding hydrogens is 282 g/mol. The third-order valence-electron chi connectivity index (χ3n) is 3.95. The molecule has 0 aliphatic carbocycles. The highest BCUT2D eigenvalue weighted by molar-refractivity contribution is 6.82. The predicted octanol–water partition coefficient (Wildman–Crippen LogP) is 2.66. The van der Waals surface area contributed by atoms with Crippen molar-refractivity contribution in [3.63, 3.8) is 0 Å². The fraction of sp³-hybridized carbons (Fsp3) is 0.100. The Morgan fingerprint density at radius 1 is 0.636 bits per heavy atom. The van der Waals surface area contributed by atoms with Crippen LogP contribution in [0.5, 0.6) is 0 Å². The Labute approximate surface area is 134 Å². The molecule has 0 bridgehead atoms. The summed E-state index contributed by atoms with van der Waals surface area (Å²) in [5.74, 6) is 0. The second kappa shape index (κ2) is 7.21. The van der Waals surface area contributed by atoms with Crippen LogP contribution in [-0.2, 0) is 6.54 Å². The van der Waals surface area contributed by atoms with Crippen molar-refractivity contribution in [1.29, 1.82) is 0 Å². The Morgan fingerprint density at radius 3 is 1.50 bits per heavy atom. The van der Waals surface area contributed by atoms with E-state index in [1.165, 1.54) is 15.9 Å². The molecule has 0 aliphatic heterocycles. The molecule has 0 saturated heterocycles. The minimum Gasteiger partial charge on any atom is -0.318 e. The average Bonchev–Trinajstić information content (AvgIpc) is 2.58. The summed E-state index contributed by atoms with van der Waals surface area (Å²) in [6.45, 7) is 0.988. The molecule has 0 heterocycles. The Bertz CT molecular complexity index is 643. The molecule has 0 spiro atoms. The van der Waals surface area contributed by atoms with E-state index in [9.17, 15) is 0 Å². The van der Waals surface area contributed by atoms with Gasteiger partial charge in [-0.05, 0) is 23.0 Å². The highest BCUT2D eigenvalue weighted by Crippen LogP contribution is 2.05. The van der Waals surface area contributed by atoms with Gasteiger partial charge in [-0.2, -0.15) is 0 Å². The van der Waals surface area contributed by atoms with Crippen LogP contribution in [0.1, 0.15) is 5.56 Å². The van der Waals surface area contributed by atoms with Gasteiger partial charge in [0.25, 0.3) is 0 Å². The van der Waals surface area contributed by atoms with Crippen molar-refractivity contribution in [3.05, 3.63) is 96.6 Å². The van der Waals surface area contributed by atoms with Crippen molar-refractivity contribution in [1.82, 2.24) is 4.57 Å². The molecule has 2 heteroatoms. The van der Waals surface area contributed by atoms with Gasteiger partial charge in [0.15, 0.2) is 8.96 Å². The molecule has 0 aliphatic rings. The zero-order valence-corrected chi connectivity index (χ0v) is 14.0. The van der Waals surface area contributed by atoms with Crippen molar-refractivity contribution < 1.29 is 0 Å². The molecule has 3 rings (SSSR count). The molecule has 0 aromatic heterocycles. The molecule has 0 radical (unpaired) electrons. The summed E-state index contributed by atoms with van der Waals surface area (Å²) in [7, 11) is 0.873. The van der Waals surface area contributed by atoms with E-state index in [-0.39, 0.29) is 0 Å². The number of hydrogen-bond acceptors (Lipinski definition) is 1. The van der Waals surface area contributed by atoms with Crippen LogP contribution >= 0.6 is 0 Å². The van der Waals surface area contributed by atoms with Gasteiger partial charge in [0, 0.05) is 6.54 Å². The summed E-state index contributed by atoms with van der Waals surface area (Å²) < 4.78 is 2.54. The van der Waals surface area contributed by atoms with Gasteiger partial charge in [-0.15, -0.1) is 0 Å². The summed E-state index contributed by atoms with van der Waals surface area (Å²) in [5, 5.41) is 2.93. The largest absolute Gasteiger partial charge is 0.318 e. The lowest BCUT2D eigenvalue weighted by molar-refractivity contribution is 0.528. The second-order valence-electron chi connectivity index (χ2n) is 5.62. The highest BCUT2D eigenvalue weighted by Gasteiger charge is 2.21. The molecule has 0 N–H and O–H groups in total. The van der Waals surface area contributed by atoms with Crippen molar-refractivity contribution in [2.24, 2.45) is 0 Å². The van der Waals surface area contributed by atoms with Gasteiger partial charge < -0.3 is 4.57 Å². The number of rotatable bonds is 5. The van der Waals surface area contributed by atoms with E-state index < -0.39 is 8.96 Å². The highest BCUT2D eigenvalue weighted by atomic mass is 28.3. The first-order valence-electron chi connectivity index (χ1n) is 7.68. The minimum absolute atomic E-state index is 0.988.